The van der Waals surface area contributed by atoms with Gasteiger partial charge in [-0.25, -0.2) is 0 Å². The number of hydrogen-bond donors (Lipinski definition) is 1. The topological polar surface area (TPSA) is 59.1 Å². The summed E-state index contributed by atoms with van der Waals surface area (Å²) in [5.74, 6) is -0.908. The van der Waals surface area contributed by atoms with Crippen LogP contribution in [0, 0.1) is 0 Å². The molecule has 5 nitrogen and oxygen atoms in total. The van der Waals surface area contributed by atoms with Gasteiger partial charge in [0.1, 0.15) is 36.3 Å². The van der Waals surface area contributed by atoms with Crippen molar-refractivity contribution in [3.05, 3.63) is 35.9 Å². The fourth-order valence-electron chi connectivity index (χ4n) is 4.55. The van der Waals surface area contributed by atoms with Crippen molar-refractivity contribution >= 4 is 5.97 Å². The Morgan fingerprint density at radius 3 is 2.43 bits per heavy atom. The number of morpholine rings is 1. The SMILES string of the molecule is C[N+]1(C)C2CC(OC(=O)[C@H](CO)c3ccccc3)C[C@@H]1[C@H]1O[C@@H]21. The molecule has 0 aromatic heterocycles. The van der Waals surface area contributed by atoms with Crippen LogP contribution >= 0.6 is 0 Å². The van der Waals surface area contributed by atoms with Crippen LogP contribution in [0.2, 0.25) is 0 Å². The molecule has 3 saturated heterocycles. The van der Waals surface area contributed by atoms with E-state index in [1.54, 1.807) is 0 Å². The molecule has 4 rings (SSSR count). The van der Waals surface area contributed by atoms with Crippen molar-refractivity contribution < 1.29 is 23.9 Å². The Morgan fingerprint density at radius 2 is 1.87 bits per heavy atom. The van der Waals surface area contributed by atoms with Crippen LogP contribution in [0.4, 0.5) is 0 Å². The number of carbonyl (C=O) groups excluding carboxylic acids is 1. The van der Waals surface area contributed by atoms with Crippen LogP contribution in [0.25, 0.3) is 0 Å². The smallest absolute Gasteiger partial charge is 0.316 e. The number of likely N-dealkylation sites (N-methyl/N-ethyl adjacent to an activating group) is 1. The first-order chi connectivity index (χ1) is 11.0. The number of nitrogens with zero attached hydrogens (tertiary/aromatic N) is 1. The molecule has 0 aliphatic carbocycles. The molecule has 0 spiro atoms. The lowest BCUT2D eigenvalue weighted by molar-refractivity contribution is -0.938. The molecule has 0 amide bonds. The number of quaternary nitrogens is 1. The summed E-state index contributed by atoms with van der Waals surface area (Å²) in [6.07, 6.45) is 2.34. The summed E-state index contributed by atoms with van der Waals surface area (Å²) in [4.78, 5) is 12.5. The van der Waals surface area contributed by atoms with Gasteiger partial charge in [-0.1, -0.05) is 30.3 Å². The lowest BCUT2D eigenvalue weighted by Crippen LogP contribution is -2.60. The molecule has 3 aliphatic rings. The van der Waals surface area contributed by atoms with Gasteiger partial charge in [0, 0.05) is 12.8 Å². The van der Waals surface area contributed by atoms with E-state index in [1.807, 2.05) is 30.3 Å². The Kier molecular flexibility index (Phi) is 3.48. The number of epoxide rings is 1. The van der Waals surface area contributed by atoms with Gasteiger partial charge in [0.15, 0.2) is 0 Å². The van der Waals surface area contributed by atoms with Gasteiger partial charge in [0.05, 0.1) is 20.7 Å². The van der Waals surface area contributed by atoms with Crippen LogP contribution in [-0.2, 0) is 14.3 Å². The van der Waals surface area contributed by atoms with E-state index in [-0.39, 0.29) is 18.7 Å². The third-order valence-electron chi connectivity index (χ3n) is 5.99. The minimum atomic E-state index is -0.593. The van der Waals surface area contributed by atoms with Crippen LogP contribution in [0.5, 0.6) is 0 Å². The molecular formula is C18H24NO4+. The quantitative estimate of drug-likeness (QED) is 0.512. The number of ether oxygens (including phenoxy) is 2. The molecule has 2 bridgehead atoms. The fraction of sp³-hybridized carbons (Fsp3) is 0.611. The molecule has 6 atom stereocenters. The number of rotatable bonds is 4. The van der Waals surface area contributed by atoms with Gasteiger partial charge < -0.3 is 19.1 Å². The molecule has 0 saturated carbocycles. The molecule has 3 heterocycles. The van der Waals surface area contributed by atoms with E-state index in [1.165, 1.54) is 0 Å². The van der Waals surface area contributed by atoms with Crippen LogP contribution in [-0.4, -0.2) is 66.7 Å². The standard InChI is InChI=1S/C18H24NO4/c1-19(2)14-8-12(9-15(19)17-16(14)23-17)22-18(21)13(10-20)11-6-4-3-5-7-11/h3-7,12-17,20H,8-10H2,1-2H3/q+1/t12?,13-,14-,15?,16-,17+/m1/s1. The van der Waals surface area contributed by atoms with Crippen LogP contribution < -0.4 is 0 Å². The van der Waals surface area contributed by atoms with Crippen molar-refractivity contribution in [3.63, 3.8) is 0 Å². The molecule has 23 heavy (non-hydrogen) atoms. The van der Waals surface area contributed by atoms with Gasteiger partial charge in [-0.05, 0) is 5.56 Å². The largest absolute Gasteiger partial charge is 0.461 e. The van der Waals surface area contributed by atoms with Gasteiger partial charge in [0.25, 0.3) is 0 Å². The molecule has 3 fully saturated rings. The van der Waals surface area contributed by atoms with Crippen molar-refractivity contribution in [2.24, 2.45) is 0 Å². The summed E-state index contributed by atoms with van der Waals surface area (Å²) in [7, 11) is 4.51. The van der Waals surface area contributed by atoms with Gasteiger partial charge in [0.2, 0.25) is 0 Å². The average molecular weight is 318 g/mol. The van der Waals surface area contributed by atoms with E-state index in [0.29, 0.717) is 24.3 Å². The Morgan fingerprint density at radius 1 is 1.26 bits per heavy atom. The molecule has 3 aliphatic heterocycles. The maximum Gasteiger partial charge on any atom is 0.316 e. The highest BCUT2D eigenvalue weighted by atomic mass is 16.6. The van der Waals surface area contributed by atoms with E-state index in [4.69, 9.17) is 9.47 Å². The van der Waals surface area contributed by atoms with Crippen molar-refractivity contribution in [2.75, 3.05) is 20.7 Å². The number of benzene rings is 1. The first kappa shape index (κ1) is 15.1. The zero-order valence-corrected chi connectivity index (χ0v) is 13.6. The molecule has 0 radical (unpaired) electrons. The summed E-state index contributed by atoms with van der Waals surface area (Å²) in [5.41, 5.74) is 0.807. The minimum Gasteiger partial charge on any atom is -0.461 e. The summed E-state index contributed by atoms with van der Waals surface area (Å²) in [6, 6.07) is 10.2. The number of aliphatic hydroxyl groups is 1. The number of piperidine rings is 1. The molecule has 1 aromatic rings. The number of fused-ring (bicyclic) bond motifs is 5. The number of carbonyl (C=O) groups is 1. The average Bonchev–Trinajstić information content (AvgIpc) is 3.27. The predicted octanol–water partition coefficient (Wildman–Crippen LogP) is 1.06. The summed E-state index contributed by atoms with van der Waals surface area (Å²) < 4.78 is 12.5. The maximum atomic E-state index is 12.5. The van der Waals surface area contributed by atoms with Crippen molar-refractivity contribution in [1.82, 2.24) is 0 Å². The lowest BCUT2D eigenvalue weighted by Gasteiger charge is -2.45. The van der Waals surface area contributed by atoms with Gasteiger partial charge in [-0.2, -0.15) is 0 Å². The Balaban J connectivity index is 1.44. The van der Waals surface area contributed by atoms with E-state index < -0.39 is 5.92 Å². The van der Waals surface area contributed by atoms with Crippen LogP contribution in [0.1, 0.15) is 24.3 Å². The normalized spacial score (nSPS) is 37.8. The van der Waals surface area contributed by atoms with Gasteiger partial charge in [-0.3, -0.25) is 4.79 Å². The lowest BCUT2D eigenvalue weighted by atomic mass is 9.95. The third-order valence-corrected chi connectivity index (χ3v) is 5.99. The molecule has 2 unspecified atom stereocenters. The Bertz CT molecular complexity index is 582. The van der Waals surface area contributed by atoms with Crippen molar-refractivity contribution in [3.8, 4) is 0 Å². The molecular weight excluding hydrogens is 294 g/mol. The summed E-state index contributed by atoms with van der Waals surface area (Å²) in [5, 5.41) is 9.60. The zero-order valence-electron chi connectivity index (χ0n) is 13.6. The maximum absolute atomic E-state index is 12.5. The van der Waals surface area contributed by atoms with Crippen LogP contribution in [0.3, 0.4) is 0 Å². The molecule has 5 heteroatoms. The second-order valence-corrected chi connectivity index (χ2v) is 7.51. The van der Waals surface area contributed by atoms with E-state index in [9.17, 15) is 9.90 Å². The number of esters is 1. The monoisotopic (exact) mass is 318 g/mol. The first-order valence-corrected chi connectivity index (χ1v) is 8.37. The predicted molar refractivity (Wildman–Crippen MR) is 83.7 cm³/mol. The third kappa shape index (κ3) is 2.38. The fourth-order valence-corrected chi connectivity index (χ4v) is 4.55. The first-order valence-electron chi connectivity index (χ1n) is 8.37. The van der Waals surface area contributed by atoms with E-state index >= 15 is 0 Å². The van der Waals surface area contributed by atoms with Crippen molar-refractivity contribution in [2.45, 2.75) is 49.2 Å². The van der Waals surface area contributed by atoms with Gasteiger partial charge >= 0.3 is 5.97 Å². The van der Waals surface area contributed by atoms with E-state index in [0.717, 1.165) is 22.9 Å². The Hall–Kier alpha value is -1.43. The minimum absolute atomic E-state index is 0.0576. The second kappa shape index (κ2) is 5.30. The second-order valence-electron chi connectivity index (χ2n) is 7.51. The molecule has 1 aromatic carbocycles. The highest BCUT2D eigenvalue weighted by molar-refractivity contribution is 5.78. The summed E-state index contributed by atoms with van der Waals surface area (Å²) >= 11 is 0. The highest BCUT2D eigenvalue weighted by Crippen LogP contribution is 2.51. The van der Waals surface area contributed by atoms with Crippen LogP contribution in [0.15, 0.2) is 30.3 Å². The van der Waals surface area contributed by atoms with Crippen molar-refractivity contribution in [1.29, 1.82) is 0 Å². The van der Waals surface area contributed by atoms with Gasteiger partial charge in [-0.15, -0.1) is 0 Å². The molecule has 124 valence electrons. The van der Waals surface area contributed by atoms with E-state index in [2.05, 4.69) is 14.1 Å². The molecule has 1 N–H and O–H groups in total. The Labute approximate surface area is 136 Å². The number of hydrogen-bond acceptors (Lipinski definition) is 4. The highest BCUT2D eigenvalue weighted by Gasteiger charge is 2.70. The number of aliphatic hydroxyl groups excluding tert-OH is 1. The summed E-state index contributed by atoms with van der Waals surface area (Å²) in [6.45, 7) is -0.224. The zero-order chi connectivity index (χ0) is 16.2.